The normalized spacial score (nSPS) is 17.4. The van der Waals surface area contributed by atoms with Crippen LogP contribution in [0.4, 0.5) is 0 Å². The number of nitrogens with zero attached hydrogens (tertiary/aromatic N) is 1. The minimum atomic E-state index is -1.05. The molecule has 0 fully saturated rings. The van der Waals surface area contributed by atoms with Gasteiger partial charge in [-0.3, -0.25) is 0 Å². The SMILES string of the molecule is CCCC(C)N(C)[SiH](C)Cl. The molecule has 0 saturated carbocycles. The van der Waals surface area contributed by atoms with E-state index in [1.54, 1.807) is 0 Å². The van der Waals surface area contributed by atoms with Crippen LogP contribution in [0.2, 0.25) is 6.55 Å². The molecule has 0 rings (SSSR count). The van der Waals surface area contributed by atoms with Gasteiger partial charge in [0.25, 0.3) is 0 Å². The molecule has 0 bridgehead atoms. The highest BCUT2D eigenvalue weighted by Crippen LogP contribution is 2.07. The molecule has 1 nitrogen and oxygen atoms in total. The predicted molar refractivity (Wildman–Crippen MR) is 51.0 cm³/mol. The predicted octanol–water partition coefficient (Wildman–Crippen LogP) is 2.20. The van der Waals surface area contributed by atoms with Gasteiger partial charge in [-0.15, -0.1) is 0 Å². The van der Waals surface area contributed by atoms with Crippen LogP contribution < -0.4 is 0 Å². The van der Waals surface area contributed by atoms with Crippen LogP contribution in [0.25, 0.3) is 0 Å². The van der Waals surface area contributed by atoms with Gasteiger partial charge in [-0.1, -0.05) is 20.3 Å². The van der Waals surface area contributed by atoms with Crippen LogP contribution in [0.15, 0.2) is 0 Å². The van der Waals surface area contributed by atoms with E-state index in [2.05, 4.69) is 32.0 Å². The Balaban J connectivity index is 3.58. The van der Waals surface area contributed by atoms with E-state index in [9.17, 15) is 0 Å². The van der Waals surface area contributed by atoms with Crippen LogP contribution in [-0.2, 0) is 0 Å². The molecule has 62 valence electrons. The molecular formula is C7H18ClNSi. The third-order valence-electron chi connectivity index (χ3n) is 1.96. The molecule has 2 unspecified atom stereocenters. The minimum absolute atomic E-state index is 0.671. The molecule has 0 aromatic rings. The first-order chi connectivity index (χ1) is 4.59. The van der Waals surface area contributed by atoms with Crippen molar-refractivity contribution in [3.8, 4) is 0 Å². The molecule has 2 atom stereocenters. The Kier molecular flexibility index (Phi) is 5.40. The van der Waals surface area contributed by atoms with Crippen LogP contribution >= 0.6 is 11.1 Å². The maximum absolute atomic E-state index is 6.02. The van der Waals surface area contributed by atoms with Crippen molar-refractivity contribution in [2.45, 2.75) is 39.3 Å². The summed E-state index contributed by atoms with van der Waals surface area (Å²) in [5.74, 6) is 0. The first-order valence-corrected chi connectivity index (χ1v) is 7.37. The zero-order valence-corrected chi connectivity index (χ0v) is 9.30. The van der Waals surface area contributed by atoms with Crippen molar-refractivity contribution in [1.29, 1.82) is 0 Å². The van der Waals surface area contributed by atoms with E-state index in [-0.39, 0.29) is 0 Å². The summed E-state index contributed by atoms with van der Waals surface area (Å²) in [4.78, 5) is 0. The first-order valence-electron chi connectivity index (χ1n) is 3.95. The van der Waals surface area contributed by atoms with E-state index >= 15 is 0 Å². The van der Waals surface area contributed by atoms with Gasteiger partial charge >= 0.3 is 0 Å². The van der Waals surface area contributed by atoms with Crippen molar-refractivity contribution < 1.29 is 0 Å². The van der Waals surface area contributed by atoms with Crippen molar-refractivity contribution >= 4 is 19.3 Å². The molecule has 0 aromatic heterocycles. The van der Waals surface area contributed by atoms with Crippen molar-refractivity contribution in [1.82, 2.24) is 4.57 Å². The van der Waals surface area contributed by atoms with Gasteiger partial charge in [-0.05, 0) is 20.0 Å². The van der Waals surface area contributed by atoms with Gasteiger partial charge in [0.15, 0.2) is 0 Å². The molecule has 0 aliphatic rings. The zero-order valence-electron chi connectivity index (χ0n) is 7.39. The van der Waals surface area contributed by atoms with Crippen LogP contribution in [-0.4, -0.2) is 25.9 Å². The van der Waals surface area contributed by atoms with Crippen molar-refractivity contribution in [3.05, 3.63) is 0 Å². The molecule has 3 heteroatoms. The summed E-state index contributed by atoms with van der Waals surface area (Å²) in [6, 6.07) is 0.671. The number of rotatable bonds is 4. The quantitative estimate of drug-likeness (QED) is 0.473. The fourth-order valence-corrected chi connectivity index (χ4v) is 2.40. The Morgan fingerprint density at radius 1 is 1.60 bits per heavy atom. The van der Waals surface area contributed by atoms with Crippen molar-refractivity contribution in [2.75, 3.05) is 7.05 Å². The van der Waals surface area contributed by atoms with Gasteiger partial charge < -0.3 is 4.57 Å². The lowest BCUT2D eigenvalue weighted by Crippen LogP contribution is -2.36. The lowest BCUT2D eigenvalue weighted by Gasteiger charge is -2.25. The number of hydrogen-bond acceptors (Lipinski definition) is 1. The average Bonchev–Trinajstić information content (AvgIpc) is 1.87. The van der Waals surface area contributed by atoms with Gasteiger partial charge in [-0.2, -0.15) is 11.1 Å². The van der Waals surface area contributed by atoms with E-state index in [1.807, 2.05) is 0 Å². The van der Waals surface area contributed by atoms with E-state index < -0.39 is 8.27 Å². The topological polar surface area (TPSA) is 3.24 Å². The fourth-order valence-electron chi connectivity index (χ4n) is 0.972. The van der Waals surface area contributed by atoms with E-state index in [0.717, 1.165) is 0 Å². The summed E-state index contributed by atoms with van der Waals surface area (Å²) in [5, 5.41) is 0. The standard InChI is InChI=1S/C7H18ClNSi/c1-5-6-7(2)9(3)10(4)8/h7,10H,5-6H2,1-4H3. The number of halogens is 1. The van der Waals surface area contributed by atoms with Crippen LogP contribution in [0, 0.1) is 0 Å². The van der Waals surface area contributed by atoms with Gasteiger partial charge in [0.05, 0.1) is 0 Å². The molecule has 0 amide bonds. The van der Waals surface area contributed by atoms with Gasteiger partial charge in [0.1, 0.15) is 0 Å². The second-order valence-corrected chi connectivity index (χ2v) is 6.73. The van der Waals surface area contributed by atoms with Crippen molar-refractivity contribution in [3.63, 3.8) is 0 Å². The van der Waals surface area contributed by atoms with Crippen molar-refractivity contribution in [2.24, 2.45) is 0 Å². The Hall–Kier alpha value is 0.467. The Morgan fingerprint density at radius 2 is 2.10 bits per heavy atom. The smallest absolute Gasteiger partial charge is 0.210 e. The Bertz CT molecular complexity index is 87.7. The molecule has 0 radical (unpaired) electrons. The highest BCUT2D eigenvalue weighted by Gasteiger charge is 2.13. The zero-order chi connectivity index (χ0) is 8.15. The lowest BCUT2D eigenvalue weighted by atomic mass is 10.2. The summed E-state index contributed by atoms with van der Waals surface area (Å²) >= 11 is 6.02. The highest BCUT2D eigenvalue weighted by molar-refractivity contribution is 7.04. The second kappa shape index (κ2) is 5.16. The Morgan fingerprint density at radius 3 is 2.40 bits per heavy atom. The van der Waals surface area contributed by atoms with E-state index in [1.165, 1.54) is 12.8 Å². The molecule has 0 aromatic carbocycles. The molecule has 0 heterocycles. The average molecular weight is 180 g/mol. The summed E-state index contributed by atoms with van der Waals surface area (Å²) in [5.41, 5.74) is 0. The molecule has 0 aliphatic heterocycles. The monoisotopic (exact) mass is 179 g/mol. The molecule has 10 heavy (non-hydrogen) atoms. The summed E-state index contributed by atoms with van der Waals surface area (Å²) < 4.78 is 2.32. The van der Waals surface area contributed by atoms with Gasteiger partial charge in [-0.25, -0.2) is 0 Å². The summed E-state index contributed by atoms with van der Waals surface area (Å²) in [6.45, 7) is 6.61. The molecule has 0 aliphatic carbocycles. The third-order valence-corrected chi connectivity index (χ3v) is 4.52. The molecule has 0 N–H and O–H groups in total. The summed E-state index contributed by atoms with van der Waals surface area (Å²) in [6.07, 6.45) is 2.52. The van der Waals surface area contributed by atoms with Crippen LogP contribution in [0.5, 0.6) is 0 Å². The van der Waals surface area contributed by atoms with E-state index in [0.29, 0.717) is 6.04 Å². The van der Waals surface area contributed by atoms with Crippen LogP contribution in [0.1, 0.15) is 26.7 Å². The van der Waals surface area contributed by atoms with Gasteiger partial charge in [0, 0.05) is 6.04 Å². The highest BCUT2D eigenvalue weighted by atomic mass is 35.6. The third kappa shape index (κ3) is 3.59. The van der Waals surface area contributed by atoms with Crippen LogP contribution in [0.3, 0.4) is 0 Å². The largest absolute Gasteiger partial charge is 0.314 e. The molecular weight excluding hydrogens is 162 g/mol. The summed E-state index contributed by atoms with van der Waals surface area (Å²) in [7, 11) is 1.08. The maximum atomic E-state index is 6.02. The Labute approximate surface area is 70.8 Å². The van der Waals surface area contributed by atoms with Gasteiger partial charge in [0.2, 0.25) is 8.27 Å². The lowest BCUT2D eigenvalue weighted by molar-refractivity contribution is 0.384. The first kappa shape index (κ1) is 10.5. The fraction of sp³-hybridized carbons (Fsp3) is 1.00. The number of hydrogen-bond donors (Lipinski definition) is 0. The second-order valence-electron chi connectivity index (χ2n) is 2.88. The molecule has 0 spiro atoms. The van der Waals surface area contributed by atoms with E-state index in [4.69, 9.17) is 11.1 Å². The molecule has 0 saturated heterocycles. The maximum Gasteiger partial charge on any atom is 0.210 e. The minimum Gasteiger partial charge on any atom is -0.314 e.